The molecule has 0 saturated carbocycles. The summed E-state index contributed by atoms with van der Waals surface area (Å²) in [5.74, 6) is 0. The molecule has 1 aromatic rings. The first-order valence-corrected chi connectivity index (χ1v) is 3.52. The predicted molar refractivity (Wildman–Crippen MR) is 43.2 cm³/mol. The van der Waals surface area contributed by atoms with Crippen LogP contribution in [0.2, 0.25) is 0 Å². The zero-order valence-electron chi connectivity index (χ0n) is 6.37. The molecule has 0 aromatic heterocycles. The first kappa shape index (κ1) is 8.04. The Balaban J connectivity index is 2.66. The number of hydrogen-bond donors (Lipinski definition) is 2. The van der Waals surface area contributed by atoms with E-state index in [-0.39, 0.29) is 0 Å². The van der Waals surface area contributed by atoms with Gasteiger partial charge in [0.25, 0.3) is 0 Å². The fourth-order valence-corrected chi connectivity index (χ4v) is 0.861. The lowest BCUT2D eigenvalue weighted by Crippen LogP contribution is -1.95. The fourth-order valence-electron chi connectivity index (χ4n) is 0.861. The van der Waals surface area contributed by atoms with Crippen LogP contribution in [0, 0.1) is 0 Å². The zero-order valence-corrected chi connectivity index (χ0v) is 6.37. The van der Waals surface area contributed by atoms with Gasteiger partial charge in [0.1, 0.15) is 0 Å². The Morgan fingerprint density at radius 2 is 2.00 bits per heavy atom. The third-order valence-electron chi connectivity index (χ3n) is 1.53. The number of hydrogen-bond acceptors (Lipinski definition) is 3. The Kier molecular flexibility index (Phi) is 2.89. The molecule has 0 bridgehead atoms. The number of rotatable bonds is 3. The van der Waals surface area contributed by atoms with Gasteiger partial charge >= 0.3 is 0 Å². The Labute approximate surface area is 65.5 Å². The van der Waals surface area contributed by atoms with Crippen LogP contribution in [0.3, 0.4) is 0 Å². The largest absolute Gasteiger partial charge is 0.236 e. The number of anilines is 1. The number of nitrogens with one attached hydrogen (secondary N) is 1. The van der Waals surface area contributed by atoms with E-state index in [0.29, 0.717) is 0 Å². The SMILES string of the molecule is CCc1ccc(NOO)cc1. The van der Waals surface area contributed by atoms with Crippen molar-refractivity contribution in [2.45, 2.75) is 13.3 Å². The highest BCUT2D eigenvalue weighted by Gasteiger charge is 1.90. The molecule has 60 valence electrons. The van der Waals surface area contributed by atoms with Crippen molar-refractivity contribution < 1.29 is 10.2 Å². The lowest BCUT2D eigenvalue weighted by Gasteiger charge is -2.00. The van der Waals surface area contributed by atoms with Crippen LogP contribution in [0.25, 0.3) is 0 Å². The van der Waals surface area contributed by atoms with Gasteiger partial charge in [0, 0.05) is 0 Å². The van der Waals surface area contributed by atoms with Crippen LogP contribution >= 0.6 is 0 Å². The van der Waals surface area contributed by atoms with Crippen molar-refractivity contribution in [2.75, 3.05) is 5.48 Å². The van der Waals surface area contributed by atoms with Gasteiger partial charge in [0.2, 0.25) is 0 Å². The summed E-state index contributed by atoms with van der Waals surface area (Å²) in [6.45, 7) is 2.09. The molecule has 0 aliphatic rings. The summed E-state index contributed by atoms with van der Waals surface area (Å²) < 4.78 is 0. The summed E-state index contributed by atoms with van der Waals surface area (Å²) in [5, 5.41) is 8.04. The van der Waals surface area contributed by atoms with Crippen LogP contribution in [0.5, 0.6) is 0 Å². The summed E-state index contributed by atoms with van der Waals surface area (Å²) in [6.07, 6.45) is 1.01. The second-order valence-corrected chi connectivity index (χ2v) is 2.24. The van der Waals surface area contributed by atoms with E-state index in [1.807, 2.05) is 24.3 Å². The summed E-state index contributed by atoms with van der Waals surface area (Å²) in [6, 6.07) is 7.63. The minimum atomic E-state index is 0.740. The molecule has 0 saturated heterocycles. The van der Waals surface area contributed by atoms with Gasteiger partial charge in [-0.2, -0.15) is 0 Å². The van der Waals surface area contributed by atoms with Gasteiger partial charge in [-0.05, 0) is 24.1 Å². The third-order valence-corrected chi connectivity index (χ3v) is 1.53. The molecule has 0 aliphatic heterocycles. The second-order valence-electron chi connectivity index (χ2n) is 2.24. The first-order chi connectivity index (χ1) is 5.36. The lowest BCUT2D eigenvalue weighted by molar-refractivity contribution is -0.215. The monoisotopic (exact) mass is 153 g/mol. The number of aryl methyl sites for hydroxylation is 1. The van der Waals surface area contributed by atoms with Crippen LogP contribution in [-0.4, -0.2) is 5.26 Å². The molecule has 0 spiro atoms. The van der Waals surface area contributed by atoms with E-state index in [4.69, 9.17) is 5.26 Å². The van der Waals surface area contributed by atoms with Gasteiger partial charge < -0.3 is 0 Å². The minimum absolute atomic E-state index is 0.740. The molecular formula is C8H11NO2. The van der Waals surface area contributed by atoms with Crippen molar-refractivity contribution in [1.82, 2.24) is 0 Å². The molecule has 0 heterocycles. The average molecular weight is 153 g/mol. The fraction of sp³-hybridized carbons (Fsp3) is 0.250. The molecular weight excluding hydrogens is 142 g/mol. The van der Waals surface area contributed by atoms with Crippen molar-refractivity contribution in [1.29, 1.82) is 0 Å². The van der Waals surface area contributed by atoms with Crippen molar-refractivity contribution in [3.05, 3.63) is 29.8 Å². The zero-order chi connectivity index (χ0) is 8.10. The molecule has 3 heteroatoms. The average Bonchev–Trinajstić information content (AvgIpc) is 2.07. The van der Waals surface area contributed by atoms with Crippen LogP contribution in [0.15, 0.2) is 24.3 Å². The van der Waals surface area contributed by atoms with E-state index < -0.39 is 0 Å². The molecule has 0 aliphatic carbocycles. The van der Waals surface area contributed by atoms with Crippen LogP contribution < -0.4 is 5.48 Å². The first-order valence-electron chi connectivity index (χ1n) is 3.52. The van der Waals surface area contributed by atoms with Gasteiger partial charge in [-0.3, -0.25) is 0 Å². The highest BCUT2D eigenvalue weighted by molar-refractivity contribution is 5.42. The normalized spacial score (nSPS) is 9.64. The maximum Gasteiger partial charge on any atom is 0.0634 e. The molecule has 11 heavy (non-hydrogen) atoms. The van der Waals surface area contributed by atoms with Crippen LogP contribution in [0.1, 0.15) is 12.5 Å². The lowest BCUT2D eigenvalue weighted by atomic mass is 10.2. The standard InChI is InChI=1S/C8H11NO2/c1-2-7-3-5-8(6-4-7)9-11-10/h3-6,9-10H,2H2,1H3. The van der Waals surface area contributed by atoms with Crippen LogP contribution in [0.4, 0.5) is 5.69 Å². The summed E-state index contributed by atoms with van der Waals surface area (Å²) in [5.41, 5.74) is 4.31. The Morgan fingerprint density at radius 3 is 2.45 bits per heavy atom. The Bertz CT molecular complexity index is 208. The molecule has 1 rings (SSSR count). The molecule has 0 fully saturated rings. The van der Waals surface area contributed by atoms with Gasteiger partial charge in [-0.25, -0.2) is 10.7 Å². The molecule has 0 unspecified atom stereocenters. The maximum absolute atomic E-state index is 8.04. The summed E-state index contributed by atoms with van der Waals surface area (Å²) in [7, 11) is 0. The quantitative estimate of drug-likeness (QED) is 0.516. The van der Waals surface area contributed by atoms with Gasteiger partial charge in [-0.1, -0.05) is 19.1 Å². The van der Waals surface area contributed by atoms with Crippen molar-refractivity contribution >= 4 is 5.69 Å². The number of benzene rings is 1. The van der Waals surface area contributed by atoms with E-state index in [9.17, 15) is 0 Å². The highest BCUT2D eigenvalue weighted by Crippen LogP contribution is 2.08. The van der Waals surface area contributed by atoms with Gasteiger partial charge in [-0.15, -0.1) is 4.99 Å². The second kappa shape index (κ2) is 3.95. The molecule has 3 nitrogen and oxygen atoms in total. The molecule has 0 atom stereocenters. The van der Waals surface area contributed by atoms with Crippen molar-refractivity contribution in [3.8, 4) is 0 Å². The van der Waals surface area contributed by atoms with E-state index in [2.05, 4.69) is 17.4 Å². The maximum atomic E-state index is 8.04. The minimum Gasteiger partial charge on any atom is -0.236 e. The molecule has 2 N–H and O–H groups in total. The van der Waals surface area contributed by atoms with E-state index in [0.717, 1.165) is 12.1 Å². The smallest absolute Gasteiger partial charge is 0.0634 e. The third kappa shape index (κ3) is 2.22. The van der Waals surface area contributed by atoms with Crippen LogP contribution in [-0.2, 0) is 11.4 Å². The van der Waals surface area contributed by atoms with E-state index in [1.54, 1.807) is 0 Å². The summed E-state index contributed by atoms with van der Waals surface area (Å²) in [4.78, 5) is 3.75. The van der Waals surface area contributed by atoms with Gasteiger partial charge in [0.15, 0.2) is 0 Å². The Morgan fingerprint density at radius 1 is 1.36 bits per heavy atom. The predicted octanol–water partition coefficient (Wildman–Crippen LogP) is 2.07. The molecule has 0 amide bonds. The van der Waals surface area contributed by atoms with Crippen molar-refractivity contribution in [2.24, 2.45) is 0 Å². The molecule has 0 radical (unpaired) electrons. The van der Waals surface area contributed by atoms with E-state index >= 15 is 0 Å². The topological polar surface area (TPSA) is 41.5 Å². The molecule has 1 aromatic carbocycles. The van der Waals surface area contributed by atoms with E-state index in [1.165, 1.54) is 5.56 Å². The summed E-state index contributed by atoms with van der Waals surface area (Å²) >= 11 is 0. The highest BCUT2D eigenvalue weighted by atomic mass is 17.2. The Hall–Kier alpha value is -1.06. The van der Waals surface area contributed by atoms with Crippen molar-refractivity contribution in [3.63, 3.8) is 0 Å². The van der Waals surface area contributed by atoms with Gasteiger partial charge in [0.05, 0.1) is 5.69 Å².